The summed E-state index contributed by atoms with van der Waals surface area (Å²) in [4.78, 5) is 7.98. The number of H-pyrrole nitrogens is 1. The molecule has 0 saturated heterocycles. The van der Waals surface area contributed by atoms with Crippen LogP contribution >= 0.6 is 11.8 Å². The van der Waals surface area contributed by atoms with Crippen LogP contribution in [0.4, 0.5) is 0 Å². The van der Waals surface area contributed by atoms with Crippen LogP contribution in [-0.2, 0) is 12.2 Å². The fraction of sp³-hybridized carbons (Fsp3) is 0.167. The van der Waals surface area contributed by atoms with Crippen LogP contribution in [0.1, 0.15) is 18.6 Å². The average molecular weight is 335 g/mol. The van der Waals surface area contributed by atoms with Gasteiger partial charge in [0, 0.05) is 12.1 Å². The number of imidazole rings is 1. The van der Waals surface area contributed by atoms with E-state index in [9.17, 15) is 0 Å². The molecular formula is C18H17N5S. The summed E-state index contributed by atoms with van der Waals surface area (Å²) in [5.74, 6) is 2.64. The normalized spacial score (nSPS) is 11.2. The molecule has 0 saturated carbocycles. The Morgan fingerprint density at radius 3 is 2.58 bits per heavy atom. The van der Waals surface area contributed by atoms with Gasteiger partial charge in [0.05, 0.1) is 16.8 Å². The van der Waals surface area contributed by atoms with Gasteiger partial charge in [-0.15, -0.1) is 10.2 Å². The van der Waals surface area contributed by atoms with E-state index in [0.29, 0.717) is 0 Å². The van der Waals surface area contributed by atoms with Crippen molar-refractivity contribution in [3.63, 3.8) is 0 Å². The van der Waals surface area contributed by atoms with Crippen molar-refractivity contribution in [1.82, 2.24) is 24.7 Å². The third-order valence-electron chi connectivity index (χ3n) is 3.81. The highest BCUT2D eigenvalue weighted by molar-refractivity contribution is 7.98. The number of hydrogen-bond donors (Lipinski definition) is 1. The molecule has 2 aromatic heterocycles. The first kappa shape index (κ1) is 15.0. The fourth-order valence-corrected chi connectivity index (χ4v) is 3.51. The van der Waals surface area contributed by atoms with E-state index in [2.05, 4.69) is 43.8 Å². The van der Waals surface area contributed by atoms with Crippen molar-refractivity contribution in [1.29, 1.82) is 0 Å². The monoisotopic (exact) mass is 335 g/mol. The van der Waals surface area contributed by atoms with Crippen molar-refractivity contribution in [3.8, 4) is 5.69 Å². The van der Waals surface area contributed by atoms with Crippen LogP contribution in [0.15, 0.2) is 59.8 Å². The van der Waals surface area contributed by atoms with Gasteiger partial charge in [-0.3, -0.25) is 4.57 Å². The van der Waals surface area contributed by atoms with E-state index < -0.39 is 0 Å². The number of aryl methyl sites for hydroxylation is 1. The standard InChI is InChI=1S/C18H17N5S/c1-2-17-21-22-18(23(17)13-8-4-3-5-9-13)24-12-16-19-14-10-6-7-11-15(14)20-16/h3-11H,2,12H2,1H3,(H,19,20). The van der Waals surface area contributed by atoms with Gasteiger partial charge in [0.25, 0.3) is 0 Å². The van der Waals surface area contributed by atoms with Gasteiger partial charge in [0.2, 0.25) is 0 Å². The van der Waals surface area contributed by atoms with Gasteiger partial charge < -0.3 is 4.98 Å². The highest BCUT2D eigenvalue weighted by Gasteiger charge is 2.14. The predicted molar refractivity (Wildman–Crippen MR) is 96.4 cm³/mol. The third-order valence-corrected chi connectivity index (χ3v) is 4.75. The maximum absolute atomic E-state index is 4.62. The van der Waals surface area contributed by atoms with Gasteiger partial charge in [-0.2, -0.15) is 0 Å². The molecule has 5 nitrogen and oxygen atoms in total. The maximum Gasteiger partial charge on any atom is 0.196 e. The lowest BCUT2D eigenvalue weighted by Crippen LogP contribution is -2.01. The lowest BCUT2D eigenvalue weighted by Gasteiger charge is -2.08. The van der Waals surface area contributed by atoms with E-state index in [1.807, 2.05) is 42.5 Å². The number of nitrogens with one attached hydrogen (secondary N) is 1. The van der Waals surface area contributed by atoms with Crippen LogP contribution < -0.4 is 0 Å². The minimum atomic E-state index is 0.726. The molecular weight excluding hydrogens is 318 g/mol. The number of para-hydroxylation sites is 3. The lowest BCUT2D eigenvalue weighted by molar-refractivity contribution is 0.836. The Morgan fingerprint density at radius 2 is 1.79 bits per heavy atom. The molecule has 4 rings (SSSR count). The molecule has 4 aromatic rings. The van der Waals surface area contributed by atoms with Crippen molar-refractivity contribution in [2.45, 2.75) is 24.3 Å². The topological polar surface area (TPSA) is 59.4 Å². The van der Waals surface area contributed by atoms with Crippen molar-refractivity contribution in [2.75, 3.05) is 0 Å². The summed E-state index contributed by atoms with van der Waals surface area (Å²) in [5.41, 5.74) is 3.14. The summed E-state index contributed by atoms with van der Waals surface area (Å²) in [7, 11) is 0. The summed E-state index contributed by atoms with van der Waals surface area (Å²) < 4.78 is 2.12. The molecule has 0 fully saturated rings. The first-order chi connectivity index (χ1) is 11.8. The number of benzene rings is 2. The molecule has 0 bridgehead atoms. The number of aromatic nitrogens is 5. The predicted octanol–water partition coefficient (Wildman–Crippen LogP) is 4.00. The molecule has 0 aliphatic rings. The minimum absolute atomic E-state index is 0.726. The summed E-state index contributed by atoms with van der Waals surface area (Å²) >= 11 is 1.64. The number of thioether (sulfide) groups is 1. The Morgan fingerprint density at radius 1 is 1.00 bits per heavy atom. The molecule has 0 aliphatic heterocycles. The molecule has 0 radical (unpaired) electrons. The molecule has 0 amide bonds. The van der Waals surface area contributed by atoms with Crippen molar-refractivity contribution < 1.29 is 0 Å². The van der Waals surface area contributed by atoms with E-state index in [1.165, 1.54) is 0 Å². The first-order valence-electron chi connectivity index (χ1n) is 7.91. The Bertz CT molecular complexity index is 925. The third kappa shape index (κ3) is 2.80. The fourth-order valence-electron chi connectivity index (χ4n) is 2.67. The van der Waals surface area contributed by atoms with Gasteiger partial charge >= 0.3 is 0 Å². The van der Waals surface area contributed by atoms with E-state index in [0.717, 1.165) is 45.7 Å². The van der Waals surface area contributed by atoms with Crippen molar-refractivity contribution in [3.05, 3.63) is 66.2 Å². The first-order valence-corrected chi connectivity index (χ1v) is 8.90. The Hall–Kier alpha value is -2.60. The number of aromatic amines is 1. The van der Waals surface area contributed by atoms with Gasteiger partial charge in [-0.05, 0) is 24.3 Å². The molecule has 0 atom stereocenters. The second-order valence-corrected chi connectivity index (χ2v) is 6.36. The Kier molecular flexibility index (Phi) is 4.04. The van der Waals surface area contributed by atoms with Crippen molar-refractivity contribution in [2.24, 2.45) is 0 Å². The largest absolute Gasteiger partial charge is 0.341 e. The number of rotatable bonds is 5. The van der Waals surface area contributed by atoms with Gasteiger partial charge in [-0.1, -0.05) is 49.0 Å². The summed E-state index contributed by atoms with van der Waals surface area (Å²) in [6, 6.07) is 18.3. The van der Waals surface area contributed by atoms with Gasteiger partial charge in [-0.25, -0.2) is 4.98 Å². The molecule has 0 aliphatic carbocycles. The van der Waals surface area contributed by atoms with Gasteiger partial charge in [0.15, 0.2) is 5.16 Å². The van der Waals surface area contributed by atoms with Crippen LogP contribution in [0.5, 0.6) is 0 Å². The molecule has 1 N–H and O–H groups in total. The van der Waals surface area contributed by atoms with E-state index in [1.54, 1.807) is 11.8 Å². The van der Waals surface area contributed by atoms with E-state index in [4.69, 9.17) is 0 Å². The lowest BCUT2D eigenvalue weighted by atomic mass is 10.3. The molecule has 2 aromatic carbocycles. The highest BCUT2D eigenvalue weighted by atomic mass is 32.2. The molecule has 6 heteroatoms. The van der Waals surface area contributed by atoms with Gasteiger partial charge in [0.1, 0.15) is 11.6 Å². The Labute approximate surface area is 144 Å². The molecule has 24 heavy (non-hydrogen) atoms. The maximum atomic E-state index is 4.62. The van der Waals surface area contributed by atoms with Crippen LogP contribution in [0.25, 0.3) is 16.7 Å². The summed E-state index contributed by atoms with van der Waals surface area (Å²) in [6.07, 6.45) is 0.840. The molecule has 2 heterocycles. The number of fused-ring (bicyclic) bond motifs is 1. The summed E-state index contributed by atoms with van der Waals surface area (Å²) in [5, 5.41) is 9.58. The number of hydrogen-bond acceptors (Lipinski definition) is 4. The van der Waals surface area contributed by atoms with Crippen LogP contribution in [0.3, 0.4) is 0 Å². The SMILES string of the molecule is CCc1nnc(SCc2nc3ccccc3[nH]2)n1-c1ccccc1. The molecule has 0 unspecified atom stereocenters. The zero-order valence-electron chi connectivity index (χ0n) is 13.3. The van der Waals surface area contributed by atoms with Crippen LogP contribution in [-0.4, -0.2) is 24.7 Å². The minimum Gasteiger partial charge on any atom is -0.341 e. The van der Waals surface area contributed by atoms with Crippen molar-refractivity contribution >= 4 is 22.8 Å². The van der Waals surface area contributed by atoms with E-state index in [-0.39, 0.29) is 0 Å². The zero-order valence-corrected chi connectivity index (χ0v) is 14.1. The second-order valence-electron chi connectivity index (χ2n) is 5.41. The van der Waals surface area contributed by atoms with Crippen LogP contribution in [0.2, 0.25) is 0 Å². The average Bonchev–Trinajstić information content (AvgIpc) is 3.23. The zero-order chi connectivity index (χ0) is 16.4. The van der Waals surface area contributed by atoms with Crippen LogP contribution in [0, 0.1) is 0 Å². The molecule has 120 valence electrons. The Balaban J connectivity index is 1.62. The number of nitrogens with zero attached hydrogens (tertiary/aromatic N) is 4. The highest BCUT2D eigenvalue weighted by Crippen LogP contribution is 2.25. The quantitative estimate of drug-likeness (QED) is 0.560. The molecule has 0 spiro atoms. The van der Waals surface area contributed by atoms with E-state index >= 15 is 0 Å². The second kappa shape index (κ2) is 6.49. The summed E-state index contributed by atoms with van der Waals surface area (Å²) in [6.45, 7) is 2.09. The smallest absolute Gasteiger partial charge is 0.196 e.